The number of para-hydroxylation sites is 1. The Labute approximate surface area is 238 Å². The van der Waals surface area contributed by atoms with Gasteiger partial charge in [0, 0.05) is 19.7 Å². The average molecular weight is 556 g/mol. The zero-order chi connectivity index (χ0) is 28.6. The second-order valence-electron chi connectivity index (χ2n) is 9.95. The molecule has 212 valence electrons. The van der Waals surface area contributed by atoms with E-state index in [0.717, 1.165) is 23.9 Å². The molecule has 2 atom stereocenters. The first-order valence-corrected chi connectivity index (χ1v) is 13.7. The molecule has 0 unspecified atom stereocenters. The number of nitrogens with zero attached hydrogens (tertiary/aromatic N) is 4. The van der Waals surface area contributed by atoms with Crippen LogP contribution in [0.4, 0.5) is 0 Å². The van der Waals surface area contributed by atoms with Crippen LogP contribution in [0.15, 0.2) is 78.9 Å². The lowest BCUT2D eigenvalue weighted by Gasteiger charge is -2.32. The molecule has 1 aliphatic rings. The number of ether oxygens (including phenoxy) is 2. The fraction of sp³-hybridized carbons (Fsp3) is 0.323. The number of amides is 2. The summed E-state index contributed by atoms with van der Waals surface area (Å²) in [6.45, 7) is 1.22. The molecule has 3 aromatic carbocycles. The molecular formula is C31H33N5O5. The van der Waals surface area contributed by atoms with Crippen LogP contribution in [-0.4, -0.2) is 70.6 Å². The van der Waals surface area contributed by atoms with Crippen molar-refractivity contribution in [3.63, 3.8) is 0 Å². The van der Waals surface area contributed by atoms with Crippen LogP contribution in [0.25, 0.3) is 11.0 Å². The number of benzene rings is 3. The quantitative estimate of drug-likeness (QED) is 0.282. The van der Waals surface area contributed by atoms with Gasteiger partial charge in [-0.25, -0.2) is 9.48 Å². The van der Waals surface area contributed by atoms with Gasteiger partial charge in [-0.3, -0.25) is 9.59 Å². The van der Waals surface area contributed by atoms with Gasteiger partial charge in [-0.05, 0) is 54.7 Å². The lowest BCUT2D eigenvalue weighted by atomic mass is 10.0. The highest BCUT2D eigenvalue weighted by atomic mass is 16.5. The van der Waals surface area contributed by atoms with Gasteiger partial charge < -0.3 is 19.7 Å². The van der Waals surface area contributed by atoms with Crippen LogP contribution < -0.4 is 5.32 Å². The van der Waals surface area contributed by atoms with Gasteiger partial charge in [0.25, 0.3) is 0 Å². The van der Waals surface area contributed by atoms with E-state index < -0.39 is 12.0 Å². The molecule has 10 heteroatoms. The van der Waals surface area contributed by atoms with Crippen molar-refractivity contribution in [2.24, 2.45) is 0 Å². The molecular weight excluding hydrogens is 522 g/mol. The molecule has 4 aromatic rings. The summed E-state index contributed by atoms with van der Waals surface area (Å²) in [5.41, 5.74) is 3.38. The van der Waals surface area contributed by atoms with Gasteiger partial charge in [-0.15, -0.1) is 5.10 Å². The Morgan fingerprint density at radius 3 is 2.54 bits per heavy atom. The van der Waals surface area contributed by atoms with Crippen molar-refractivity contribution >= 4 is 28.8 Å². The van der Waals surface area contributed by atoms with Gasteiger partial charge in [-0.1, -0.05) is 59.8 Å². The minimum absolute atomic E-state index is 0.0590. The van der Waals surface area contributed by atoms with Crippen LogP contribution in [-0.2, 0) is 32.0 Å². The standard InChI is InChI=1S/C31H33N5O5/c1-40-31(39)24-15-13-23(14-16-24)29(30(38)32-20-25-10-7-19-41-25)35(18-17-22-8-3-2-4-9-22)28(37)21-36-27-12-6-5-11-26(27)33-34-36/h2-6,8-9,11-16,25,29H,7,10,17-21H2,1H3,(H,32,38)/t25-,29-/m1/s1. The Balaban J connectivity index is 1.47. The number of fused-ring (bicyclic) bond motifs is 1. The molecule has 0 saturated carbocycles. The number of carbonyl (C=O) groups excluding carboxylic acids is 3. The SMILES string of the molecule is COC(=O)c1ccc([C@H](C(=O)NC[C@H]2CCCO2)N(CCc2ccccc2)C(=O)Cn2nnc3ccccc32)cc1. The molecule has 0 bridgehead atoms. The fourth-order valence-electron chi connectivity index (χ4n) is 5.05. The summed E-state index contributed by atoms with van der Waals surface area (Å²) in [6.07, 6.45) is 2.30. The summed E-state index contributed by atoms with van der Waals surface area (Å²) in [5.74, 6) is -1.09. The second-order valence-corrected chi connectivity index (χ2v) is 9.95. The lowest BCUT2D eigenvalue weighted by molar-refractivity contribution is -0.141. The zero-order valence-electron chi connectivity index (χ0n) is 22.9. The summed E-state index contributed by atoms with van der Waals surface area (Å²) in [5, 5.41) is 11.4. The van der Waals surface area contributed by atoms with Crippen LogP contribution in [0.5, 0.6) is 0 Å². The third-order valence-corrected chi connectivity index (χ3v) is 7.25. The van der Waals surface area contributed by atoms with E-state index in [4.69, 9.17) is 9.47 Å². The fourth-order valence-corrected chi connectivity index (χ4v) is 5.05. The Morgan fingerprint density at radius 2 is 1.80 bits per heavy atom. The molecule has 2 amide bonds. The lowest BCUT2D eigenvalue weighted by Crippen LogP contribution is -2.47. The third-order valence-electron chi connectivity index (χ3n) is 7.25. The van der Waals surface area contributed by atoms with Gasteiger partial charge >= 0.3 is 5.97 Å². The van der Waals surface area contributed by atoms with Crippen molar-refractivity contribution in [2.75, 3.05) is 26.8 Å². The molecule has 41 heavy (non-hydrogen) atoms. The van der Waals surface area contributed by atoms with Crippen LogP contribution in [0, 0.1) is 0 Å². The molecule has 1 fully saturated rings. The summed E-state index contributed by atoms with van der Waals surface area (Å²) < 4.78 is 12.1. The van der Waals surface area contributed by atoms with E-state index in [1.165, 1.54) is 7.11 Å². The Morgan fingerprint density at radius 1 is 1.05 bits per heavy atom. The Bertz CT molecular complexity index is 1480. The van der Waals surface area contributed by atoms with Crippen molar-refractivity contribution in [1.29, 1.82) is 0 Å². The van der Waals surface area contributed by atoms with Crippen molar-refractivity contribution in [3.8, 4) is 0 Å². The van der Waals surface area contributed by atoms with E-state index in [1.807, 2.05) is 54.6 Å². The smallest absolute Gasteiger partial charge is 0.337 e. The zero-order valence-corrected chi connectivity index (χ0v) is 22.9. The largest absolute Gasteiger partial charge is 0.465 e. The number of hydrogen-bond donors (Lipinski definition) is 1. The normalized spacial score (nSPS) is 15.4. The molecule has 5 rings (SSSR count). The molecule has 0 spiro atoms. The van der Waals surface area contributed by atoms with Crippen molar-refractivity contribution in [2.45, 2.75) is 38.0 Å². The number of hydrogen-bond acceptors (Lipinski definition) is 7. The van der Waals surface area contributed by atoms with E-state index in [-0.39, 0.29) is 31.0 Å². The Kier molecular flexibility index (Phi) is 9.00. The van der Waals surface area contributed by atoms with Crippen LogP contribution >= 0.6 is 0 Å². The second kappa shape index (κ2) is 13.2. The first-order valence-electron chi connectivity index (χ1n) is 13.7. The van der Waals surface area contributed by atoms with Gasteiger partial charge in [-0.2, -0.15) is 0 Å². The maximum absolute atomic E-state index is 14.0. The van der Waals surface area contributed by atoms with Gasteiger partial charge in [0.2, 0.25) is 11.8 Å². The summed E-state index contributed by atoms with van der Waals surface area (Å²) in [6, 6.07) is 22.9. The third kappa shape index (κ3) is 6.78. The first kappa shape index (κ1) is 28.0. The average Bonchev–Trinajstić information content (AvgIpc) is 3.69. The molecule has 0 radical (unpaired) electrons. The minimum atomic E-state index is -0.950. The summed E-state index contributed by atoms with van der Waals surface area (Å²) in [7, 11) is 1.31. The van der Waals surface area contributed by atoms with E-state index >= 15 is 0 Å². The molecule has 1 aliphatic heterocycles. The summed E-state index contributed by atoms with van der Waals surface area (Å²) >= 11 is 0. The van der Waals surface area contributed by atoms with Crippen molar-refractivity contribution in [1.82, 2.24) is 25.2 Å². The number of aromatic nitrogens is 3. The molecule has 1 saturated heterocycles. The van der Waals surface area contributed by atoms with Gasteiger partial charge in [0.15, 0.2) is 0 Å². The molecule has 10 nitrogen and oxygen atoms in total. The summed E-state index contributed by atoms with van der Waals surface area (Å²) in [4.78, 5) is 41.5. The highest BCUT2D eigenvalue weighted by Crippen LogP contribution is 2.25. The number of esters is 1. The molecule has 2 heterocycles. The predicted molar refractivity (Wildman–Crippen MR) is 152 cm³/mol. The van der Waals surface area contributed by atoms with E-state index in [2.05, 4.69) is 15.6 Å². The topological polar surface area (TPSA) is 116 Å². The van der Waals surface area contributed by atoms with E-state index in [0.29, 0.717) is 36.2 Å². The molecule has 1 N–H and O–H groups in total. The van der Waals surface area contributed by atoms with Crippen LogP contribution in [0.3, 0.4) is 0 Å². The van der Waals surface area contributed by atoms with Gasteiger partial charge in [0.05, 0.1) is 24.3 Å². The minimum Gasteiger partial charge on any atom is -0.465 e. The van der Waals surface area contributed by atoms with Crippen molar-refractivity contribution in [3.05, 3.63) is 95.6 Å². The number of methoxy groups -OCH3 is 1. The number of rotatable bonds is 11. The highest BCUT2D eigenvalue weighted by molar-refractivity contribution is 5.91. The monoisotopic (exact) mass is 555 g/mol. The maximum Gasteiger partial charge on any atom is 0.337 e. The number of carbonyl (C=O) groups is 3. The van der Waals surface area contributed by atoms with Crippen molar-refractivity contribution < 1.29 is 23.9 Å². The molecule has 0 aliphatic carbocycles. The Hall–Kier alpha value is -4.57. The van der Waals surface area contributed by atoms with E-state index in [1.54, 1.807) is 33.8 Å². The van der Waals surface area contributed by atoms with Crippen LogP contribution in [0.2, 0.25) is 0 Å². The molecule has 1 aromatic heterocycles. The van der Waals surface area contributed by atoms with Gasteiger partial charge in [0.1, 0.15) is 18.1 Å². The predicted octanol–water partition coefficient (Wildman–Crippen LogP) is 3.33. The first-order chi connectivity index (χ1) is 20.0. The number of nitrogens with one attached hydrogen (secondary N) is 1. The van der Waals surface area contributed by atoms with E-state index in [9.17, 15) is 14.4 Å². The maximum atomic E-state index is 14.0. The highest BCUT2D eigenvalue weighted by Gasteiger charge is 2.32. The van der Waals surface area contributed by atoms with Crippen LogP contribution in [0.1, 0.15) is 40.4 Å².